The Morgan fingerprint density at radius 1 is 0.833 bits per heavy atom. The van der Waals surface area contributed by atoms with Gasteiger partial charge in [0.25, 0.3) is 0 Å². The molecule has 18 heavy (non-hydrogen) atoms. The van der Waals surface area contributed by atoms with Crippen LogP contribution in [-0.2, 0) is 0 Å². The molecule has 0 N–H and O–H groups in total. The first-order valence-electron chi connectivity index (χ1n) is 8.23. The molecule has 0 aliphatic carbocycles. The monoisotopic (exact) mass is 259 g/mol. The highest BCUT2D eigenvalue weighted by molar-refractivity contribution is 4.49. The molecule has 0 saturated heterocycles. The highest BCUT2D eigenvalue weighted by atomic mass is 15.0. The normalized spacial score (nSPS) is 11.2. The molecule has 0 aromatic heterocycles. The van der Waals surface area contributed by atoms with E-state index in [4.69, 9.17) is 0 Å². The number of nitrogens with zero attached hydrogens (tertiary/aromatic N) is 1. The Balaban J connectivity index is -0.000000225. The zero-order chi connectivity index (χ0) is 14.8. The summed E-state index contributed by atoms with van der Waals surface area (Å²) in [5.74, 6) is 0.955. The molecule has 1 atom stereocenters. The van der Waals surface area contributed by atoms with Gasteiger partial charge in [0.1, 0.15) is 0 Å². The summed E-state index contributed by atoms with van der Waals surface area (Å²) in [5, 5.41) is 0. The van der Waals surface area contributed by atoms with E-state index in [0.29, 0.717) is 0 Å². The van der Waals surface area contributed by atoms with Crippen LogP contribution in [0.1, 0.15) is 86.5 Å². The SMILES string of the molecule is CC.CCCCCC(C)CC.CCCCN(C)C. The summed E-state index contributed by atoms with van der Waals surface area (Å²) < 4.78 is 0. The van der Waals surface area contributed by atoms with E-state index in [1.54, 1.807) is 0 Å². The zero-order valence-corrected chi connectivity index (χ0v) is 14.7. The van der Waals surface area contributed by atoms with Gasteiger partial charge < -0.3 is 4.90 Å². The third-order valence-electron chi connectivity index (χ3n) is 2.96. The molecule has 0 aromatic rings. The average molecular weight is 260 g/mol. The molecule has 1 nitrogen and oxygen atoms in total. The quantitative estimate of drug-likeness (QED) is 0.484. The van der Waals surface area contributed by atoms with Crippen LogP contribution in [0.4, 0.5) is 0 Å². The summed E-state index contributed by atoms with van der Waals surface area (Å²) in [5.41, 5.74) is 0. The second-order valence-corrected chi connectivity index (χ2v) is 5.17. The third kappa shape index (κ3) is 29.7. The summed E-state index contributed by atoms with van der Waals surface area (Å²) in [6, 6.07) is 0. The van der Waals surface area contributed by atoms with E-state index in [-0.39, 0.29) is 0 Å². The van der Waals surface area contributed by atoms with Gasteiger partial charge >= 0.3 is 0 Å². The molecular weight excluding hydrogens is 218 g/mol. The maximum atomic E-state index is 2.34. The molecule has 0 amide bonds. The lowest BCUT2D eigenvalue weighted by atomic mass is 10.0. The first kappa shape index (κ1) is 23.1. The van der Waals surface area contributed by atoms with E-state index in [1.165, 1.54) is 51.5 Å². The minimum atomic E-state index is 0.955. The summed E-state index contributed by atoms with van der Waals surface area (Å²) >= 11 is 0. The van der Waals surface area contributed by atoms with Gasteiger partial charge in [0.15, 0.2) is 0 Å². The average Bonchev–Trinajstić information content (AvgIpc) is 2.39. The largest absolute Gasteiger partial charge is 0.309 e. The number of rotatable bonds is 8. The fourth-order valence-corrected chi connectivity index (χ4v) is 1.42. The van der Waals surface area contributed by atoms with Crippen molar-refractivity contribution in [1.29, 1.82) is 0 Å². The Kier molecular flexibility index (Phi) is 28.4. The van der Waals surface area contributed by atoms with Gasteiger partial charge in [-0.2, -0.15) is 0 Å². The summed E-state index contributed by atoms with van der Waals surface area (Å²) in [6.07, 6.45) is 9.63. The molecule has 0 heterocycles. The van der Waals surface area contributed by atoms with Crippen LogP contribution < -0.4 is 0 Å². The molecule has 0 aliphatic heterocycles. The molecule has 0 saturated carbocycles. The molecule has 0 aliphatic rings. The van der Waals surface area contributed by atoms with Crippen molar-refractivity contribution >= 4 is 0 Å². The molecule has 1 heteroatoms. The predicted molar refractivity (Wildman–Crippen MR) is 88.4 cm³/mol. The van der Waals surface area contributed by atoms with Crippen molar-refractivity contribution in [2.24, 2.45) is 5.92 Å². The van der Waals surface area contributed by atoms with Crippen molar-refractivity contribution in [3.8, 4) is 0 Å². The Morgan fingerprint density at radius 2 is 1.33 bits per heavy atom. The fourth-order valence-electron chi connectivity index (χ4n) is 1.42. The Hall–Kier alpha value is -0.0400. The number of hydrogen-bond donors (Lipinski definition) is 0. The fraction of sp³-hybridized carbons (Fsp3) is 1.00. The van der Waals surface area contributed by atoms with Gasteiger partial charge in [-0.25, -0.2) is 0 Å². The topological polar surface area (TPSA) is 3.24 Å². The molecule has 0 aromatic carbocycles. The lowest BCUT2D eigenvalue weighted by Gasteiger charge is -2.05. The molecule has 0 radical (unpaired) electrons. The highest BCUT2D eigenvalue weighted by Gasteiger charge is 1.95. The molecular formula is C17H41N. The standard InChI is InChI=1S/C9H20.C6H15N.C2H6/c1-4-6-7-8-9(3)5-2;1-4-5-6-7(2)3;1-2/h9H,4-8H2,1-3H3;4-6H2,1-3H3;1-2H3. The minimum absolute atomic E-state index is 0.955. The second kappa shape index (κ2) is 22.2. The van der Waals surface area contributed by atoms with E-state index >= 15 is 0 Å². The van der Waals surface area contributed by atoms with Crippen molar-refractivity contribution < 1.29 is 0 Å². The van der Waals surface area contributed by atoms with Crippen LogP contribution in [0.3, 0.4) is 0 Å². The van der Waals surface area contributed by atoms with Crippen LogP contribution in [0, 0.1) is 5.92 Å². The molecule has 0 fully saturated rings. The Bertz CT molecular complexity index is 110. The van der Waals surface area contributed by atoms with E-state index in [1.807, 2.05) is 13.8 Å². The summed E-state index contributed by atoms with van der Waals surface area (Å²) in [7, 11) is 4.21. The van der Waals surface area contributed by atoms with Gasteiger partial charge in [0.05, 0.1) is 0 Å². The third-order valence-corrected chi connectivity index (χ3v) is 2.96. The molecule has 1 unspecified atom stereocenters. The van der Waals surface area contributed by atoms with Crippen LogP contribution in [0.15, 0.2) is 0 Å². The van der Waals surface area contributed by atoms with Gasteiger partial charge in [0, 0.05) is 0 Å². The van der Waals surface area contributed by atoms with E-state index < -0.39 is 0 Å². The van der Waals surface area contributed by atoms with Crippen LogP contribution >= 0.6 is 0 Å². The van der Waals surface area contributed by atoms with Crippen molar-refractivity contribution in [2.75, 3.05) is 20.6 Å². The van der Waals surface area contributed by atoms with Crippen LogP contribution in [0.5, 0.6) is 0 Å². The second-order valence-electron chi connectivity index (χ2n) is 5.17. The molecule has 0 bridgehead atoms. The molecule has 0 spiro atoms. The minimum Gasteiger partial charge on any atom is -0.309 e. The smallest absolute Gasteiger partial charge is 0.00249 e. The van der Waals surface area contributed by atoms with Gasteiger partial charge in [-0.3, -0.25) is 0 Å². The van der Waals surface area contributed by atoms with Crippen molar-refractivity contribution in [3.63, 3.8) is 0 Å². The van der Waals surface area contributed by atoms with E-state index in [9.17, 15) is 0 Å². The number of hydrogen-bond acceptors (Lipinski definition) is 1. The van der Waals surface area contributed by atoms with Gasteiger partial charge in [-0.15, -0.1) is 0 Å². The number of unbranched alkanes of at least 4 members (excludes halogenated alkanes) is 3. The first-order chi connectivity index (χ1) is 8.58. The zero-order valence-electron chi connectivity index (χ0n) is 14.7. The van der Waals surface area contributed by atoms with Crippen molar-refractivity contribution in [1.82, 2.24) is 4.90 Å². The van der Waals surface area contributed by atoms with Crippen LogP contribution in [0.2, 0.25) is 0 Å². The Morgan fingerprint density at radius 3 is 1.61 bits per heavy atom. The van der Waals surface area contributed by atoms with Crippen molar-refractivity contribution in [2.45, 2.75) is 86.5 Å². The van der Waals surface area contributed by atoms with E-state index in [2.05, 4.69) is 46.7 Å². The van der Waals surface area contributed by atoms with Crippen molar-refractivity contribution in [3.05, 3.63) is 0 Å². The maximum Gasteiger partial charge on any atom is -0.00249 e. The maximum absolute atomic E-state index is 2.34. The summed E-state index contributed by atoms with van der Waals surface area (Å²) in [4.78, 5) is 2.21. The van der Waals surface area contributed by atoms with E-state index in [0.717, 1.165) is 5.92 Å². The Labute approximate surface area is 118 Å². The lowest BCUT2D eigenvalue weighted by molar-refractivity contribution is 0.398. The van der Waals surface area contributed by atoms with Gasteiger partial charge in [0.2, 0.25) is 0 Å². The van der Waals surface area contributed by atoms with Crippen LogP contribution in [0.25, 0.3) is 0 Å². The molecule has 0 rings (SSSR count). The predicted octanol–water partition coefficient (Wildman–Crippen LogP) is 5.99. The highest BCUT2D eigenvalue weighted by Crippen LogP contribution is 2.11. The van der Waals surface area contributed by atoms with Crippen LogP contribution in [-0.4, -0.2) is 25.5 Å². The lowest BCUT2D eigenvalue weighted by Crippen LogP contribution is -2.12. The summed E-state index contributed by atoms with van der Waals surface area (Å²) in [6.45, 7) is 14.3. The van der Waals surface area contributed by atoms with Gasteiger partial charge in [-0.1, -0.05) is 80.1 Å². The van der Waals surface area contributed by atoms with Gasteiger partial charge in [-0.05, 0) is 33.0 Å². The first-order valence-corrected chi connectivity index (χ1v) is 8.23. The molecule has 114 valence electrons.